The predicted octanol–water partition coefficient (Wildman–Crippen LogP) is 1.01. The topological polar surface area (TPSA) is 163 Å². The molecule has 0 aliphatic carbocycles. The van der Waals surface area contributed by atoms with E-state index in [1.54, 1.807) is 0 Å². The van der Waals surface area contributed by atoms with Crippen LogP contribution in [0.5, 0.6) is 0 Å². The lowest BCUT2D eigenvalue weighted by Crippen LogP contribution is -1.88. The lowest BCUT2D eigenvalue weighted by molar-refractivity contribution is 0.225. The number of para-hydroxylation sites is 1. The number of aromatic nitrogens is 1. The van der Waals surface area contributed by atoms with Gasteiger partial charge in [0.1, 0.15) is 5.82 Å². The molecule has 2 rings (SSSR count). The number of phosphoric acid groups is 2. The lowest BCUT2D eigenvalue weighted by atomic mass is 10.2. The van der Waals surface area contributed by atoms with Crippen molar-refractivity contribution in [3.8, 4) is 0 Å². The van der Waals surface area contributed by atoms with Gasteiger partial charge in [0.2, 0.25) is 0 Å². The summed E-state index contributed by atoms with van der Waals surface area (Å²) in [5.41, 5.74) is 6.46. The predicted molar refractivity (Wildman–Crippen MR) is 71.3 cm³/mol. The van der Waals surface area contributed by atoms with Crippen molar-refractivity contribution in [3.63, 3.8) is 0 Å². The zero-order chi connectivity index (χ0) is 15.4. The van der Waals surface area contributed by atoms with E-state index in [0.717, 1.165) is 10.9 Å². The van der Waals surface area contributed by atoms with Crippen molar-refractivity contribution in [2.45, 2.75) is 0 Å². The highest BCUT2D eigenvalue weighted by Crippen LogP contribution is 2.53. The van der Waals surface area contributed by atoms with Crippen LogP contribution in [-0.2, 0) is 13.4 Å². The van der Waals surface area contributed by atoms with Crippen molar-refractivity contribution in [2.24, 2.45) is 0 Å². The van der Waals surface area contributed by atoms with Gasteiger partial charge >= 0.3 is 15.6 Å². The Balaban J connectivity index is 0.000000206. The summed E-state index contributed by atoms with van der Waals surface area (Å²) in [6.07, 6.45) is 0. The van der Waals surface area contributed by atoms with Gasteiger partial charge in [-0.05, 0) is 18.2 Å². The highest BCUT2D eigenvalue weighted by Gasteiger charge is 2.27. The number of fused-ring (bicyclic) bond motifs is 1. The summed E-state index contributed by atoms with van der Waals surface area (Å²) in [5, 5.41) is 1.13. The van der Waals surface area contributed by atoms with Gasteiger partial charge in [0, 0.05) is 5.39 Å². The van der Waals surface area contributed by atoms with Gasteiger partial charge in [0.25, 0.3) is 0 Å². The third-order valence-corrected chi connectivity index (χ3v) is 3.53. The molecule has 1 aromatic carbocycles. The van der Waals surface area contributed by atoms with Gasteiger partial charge < -0.3 is 25.3 Å². The molecule has 0 spiro atoms. The number of hydrogen-bond donors (Lipinski definition) is 5. The zero-order valence-electron chi connectivity index (χ0n) is 9.90. The molecule has 0 unspecified atom stereocenters. The molecule has 0 atom stereocenters. The second-order valence-corrected chi connectivity index (χ2v) is 6.11. The second-order valence-electron chi connectivity index (χ2n) is 3.49. The first kappa shape index (κ1) is 16.7. The van der Waals surface area contributed by atoms with Crippen LogP contribution in [0, 0.1) is 0 Å². The highest BCUT2D eigenvalue weighted by molar-refractivity contribution is 7.60. The van der Waals surface area contributed by atoms with Gasteiger partial charge in [-0.2, -0.15) is 4.31 Å². The van der Waals surface area contributed by atoms with Crippen LogP contribution >= 0.6 is 15.6 Å². The van der Waals surface area contributed by atoms with Crippen molar-refractivity contribution in [1.82, 2.24) is 4.98 Å². The van der Waals surface area contributed by atoms with Crippen molar-refractivity contribution >= 4 is 32.4 Å². The Bertz CT molecular complexity index is 661. The minimum atomic E-state index is -5.05. The molecule has 6 N–H and O–H groups in total. The zero-order valence-corrected chi connectivity index (χ0v) is 11.7. The van der Waals surface area contributed by atoms with E-state index in [-0.39, 0.29) is 0 Å². The summed E-state index contributed by atoms with van der Waals surface area (Å²) in [6, 6.07) is 11.7. The van der Waals surface area contributed by atoms with Gasteiger partial charge in [-0.1, -0.05) is 18.2 Å². The molecule has 0 aliphatic rings. The molecule has 0 saturated carbocycles. The van der Waals surface area contributed by atoms with Crippen molar-refractivity contribution in [1.29, 1.82) is 0 Å². The van der Waals surface area contributed by atoms with Gasteiger partial charge in [0.05, 0.1) is 5.52 Å². The maximum atomic E-state index is 9.63. The first-order chi connectivity index (χ1) is 9.07. The number of nitrogens with two attached hydrogens (primary N) is 1. The average Bonchev–Trinajstić information content (AvgIpc) is 2.24. The third-order valence-electron chi connectivity index (χ3n) is 1.83. The fraction of sp³-hybridized carbons (Fsp3) is 0. The van der Waals surface area contributed by atoms with Crippen LogP contribution in [0.1, 0.15) is 0 Å². The average molecular weight is 322 g/mol. The molecule has 1 aromatic heterocycles. The quantitative estimate of drug-likeness (QED) is 0.507. The summed E-state index contributed by atoms with van der Waals surface area (Å²) >= 11 is 0. The van der Waals surface area contributed by atoms with Crippen LogP contribution in [0.25, 0.3) is 10.9 Å². The molecule has 0 radical (unpaired) electrons. The van der Waals surface area contributed by atoms with E-state index < -0.39 is 15.6 Å². The Morgan fingerprint density at radius 1 is 0.950 bits per heavy atom. The molecule has 20 heavy (non-hydrogen) atoms. The van der Waals surface area contributed by atoms with E-state index in [4.69, 9.17) is 25.3 Å². The van der Waals surface area contributed by atoms with Crippen LogP contribution in [-0.4, -0.2) is 24.6 Å². The normalized spacial score (nSPS) is 11.8. The fourth-order valence-corrected chi connectivity index (χ4v) is 2.33. The Morgan fingerprint density at radius 3 is 2.00 bits per heavy atom. The van der Waals surface area contributed by atoms with E-state index in [2.05, 4.69) is 9.29 Å². The van der Waals surface area contributed by atoms with E-state index in [1.165, 1.54) is 0 Å². The largest absolute Gasteiger partial charge is 0.478 e. The number of anilines is 1. The summed E-state index contributed by atoms with van der Waals surface area (Å²) in [5.74, 6) is 0.573. The lowest BCUT2D eigenvalue weighted by Gasteiger charge is -2.03. The summed E-state index contributed by atoms with van der Waals surface area (Å²) in [6.45, 7) is 0. The number of hydrogen-bond acceptors (Lipinski definition) is 5. The Hall–Kier alpha value is -1.31. The molecule has 9 nitrogen and oxygen atoms in total. The highest BCUT2D eigenvalue weighted by atomic mass is 31.3. The van der Waals surface area contributed by atoms with Crippen LogP contribution < -0.4 is 5.73 Å². The van der Waals surface area contributed by atoms with E-state index in [0.29, 0.717) is 5.82 Å². The summed E-state index contributed by atoms with van der Waals surface area (Å²) < 4.78 is 22.2. The molecule has 0 fully saturated rings. The van der Waals surface area contributed by atoms with Crippen molar-refractivity contribution in [3.05, 3.63) is 36.4 Å². The van der Waals surface area contributed by atoms with Crippen LogP contribution in [0.4, 0.5) is 5.82 Å². The number of benzene rings is 1. The molecule has 0 amide bonds. The Morgan fingerprint density at radius 2 is 1.50 bits per heavy atom. The van der Waals surface area contributed by atoms with Gasteiger partial charge in [-0.3, -0.25) is 0 Å². The van der Waals surface area contributed by atoms with Crippen LogP contribution in [0.3, 0.4) is 0 Å². The molecule has 11 heteroatoms. The van der Waals surface area contributed by atoms with Crippen LogP contribution in [0.15, 0.2) is 36.4 Å². The van der Waals surface area contributed by atoms with E-state index in [1.807, 2.05) is 36.4 Å². The number of nitrogens with zero attached hydrogens (tertiary/aromatic N) is 1. The van der Waals surface area contributed by atoms with Gasteiger partial charge in [-0.15, -0.1) is 0 Å². The molecule has 0 aliphatic heterocycles. The third kappa shape index (κ3) is 6.74. The molecule has 110 valence electrons. The van der Waals surface area contributed by atoms with Gasteiger partial charge in [0.15, 0.2) is 0 Å². The fourth-order valence-electron chi connectivity index (χ4n) is 1.22. The number of nitrogen functional groups attached to an aromatic ring is 1. The minimum absolute atomic E-state index is 0.573. The van der Waals surface area contributed by atoms with Crippen molar-refractivity contribution < 1.29 is 33.0 Å². The first-order valence-electron chi connectivity index (χ1n) is 5.00. The van der Waals surface area contributed by atoms with Crippen LogP contribution in [0.2, 0.25) is 0 Å². The van der Waals surface area contributed by atoms with Crippen molar-refractivity contribution in [2.75, 3.05) is 5.73 Å². The molecule has 0 bridgehead atoms. The number of pyridine rings is 1. The molecular formula is C9H12N2O7P2. The molecule has 1 heterocycles. The maximum Gasteiger partial charge on any atom is 0.478 e. The minimum Gasteiger partial charge on any atom is -0.384 e. The molecule has 2 aromatic rings. The van der Waals surface area contributed by atoms with E-state index >= 15 is 0 Å². The smallest absolute Gasteiger partial charge is 0.384 e. The molecular weight excluding hydrogens is 310 g/mol. The summed E-state index contributed by atoms with van der Waals surface area (Å²) in [4.78, 5) is 35.2. The first-order valence-corrected chi connectivity index (χ1v) is 8.06. The summed E-state index contributed by atoms with van der Waals surface area (Å²) in [7, 11) is -10.1. The monoisotopic (exact) mass is 322 g/mol. The number of rotatable bonds is 2. The van der Waals surface area contributed by atoms with Gasteiger partial charge in [-0.25, -0.2) is 14.1 Å². The SMILES string of the molecule is Nc1ccc2ccccc2n1.O=P(O)(O)OP(=O)(O)O. The second kappa shape index (κ2) is 6.43. The van der Waals surface area contributed by atoms with E-state index in [9.17, 15) is 9.13 Å². The standard InChI is InChI=1S/C9H8N2.H4O7P2/c10-9-6-5-7-3-1-2-4-8(7)11-9;1-8(2,3)7-9(4,5)6/h1-6H,(H2,10,11);(H2,1,2,3)(H2,4,5,6). The Kier molecular flexibility index (Phi) is 5.38. The maximum absolute atomic E-state index is 9.63. The Labute approximate surface area is 113 Å². The molecule has 0 saturated heterocycles.